The minimum absolute atomic E-state index is 0.398. The molecule has 18 heavy (non-hydrogen) atoms. The highest BCUT2D eigenvalue weighted by Gasteiger charge is 2.06. The zero-order valence-electron chi connectivity index (χ0n) is 10.7. The second-order valence-corrected chi connectivity index (χ2v) is 5.06. The number of anilines is 1. The van der Waals surface area contributed by atoms with Gasteiger partial charge in [-0.2, -0.15) is 0 Å². The van der Waals surface area contributed by atoms with Crippen molar-refractivity contribution < 1.29 is 4.42 Å². The predicted molar refractivity (Wildman–Crippen MR) is 76.3 cm³/mol. The van der Waals surface area contributed by atoms with Gasteiger partial charge in [-0.1, -0.05) is 11.6 Å². The number of furan rings is 1. The third kappa shape index (κ3) is 3.54. The topological polar surface area (TPSA) is 25.2 Å². The third-order valence-corrected chi connectivity index (χ3v) is 3.23. The van der Waals surface area contributed by atoms with Gasteiger partial charge in [0.05, 0.1) is 6.26 Å². The molecule has 0 fully saturated rings. The maximum absolute atomic E-state index is 5.94. The van der Waals surface area contributed by atoms with E-state index in [1.54, 1.807) is 6.26 Å². The van der Waals surface area contributed by atoms with Crippen molar-refractivity contribution in [1.82, 2.24) is 0 Å². The quantitative estimate of drug-likeness (QED) is 0.848. The minimum atomic E-state index is 0.398. The molecule has 1 aromatic carbocycles. The van der Waals surface area contributed by atoms with Crippen molar-refractivity contribution in [3.8, 4) is 0 Å². The highest BCUT2D eigenvalue weighted by Crippen LogP contribution is 2.21. The standard InChI is InChI=1S/C15H18ClNO/c1-11-10-13(16)6-8-15(11)17-12(2)5-7-14-4-3-9-18-14/h3-4,6,8-10,12,17H,5,7H2,1-2H3. The SMILES string of the molecule is Cc1cc(Cl)ccc1NC(C)CCc1ccco1. The summed E-state index contributed by atoms with van der Waals surface area (Å²) < 4.78 is 5.33. The molecule has 0 bridgehead atoms. The van der Waals surface area contributed by atoms with Crippen LogP contribution in [0.15, 0.2) is 41.0 Å². The van der Waals surface area contributed by atoms with E-state index in [-0.39, 0.29) is 0 Å². The molecule has 0 aliphatic rings. The van der Waals surface area contributed by atoms with E-state index in [9.17, 15) is 0 Å². The van der Waals surface area contributed by atoms with E-state index >= 15 is 0 Å². The number of benzene rings is 1. The molecule has 0 radical (unpaired) electrons. The normalized spacial score (nSPS) is 12.4. The summed E-state index contributed by atoms with van der Waals surface area (Å²) in [5.41, 5.74) is 2.32. The molecule has 0 amide bonds. The Morgan fingerprint density at radius 3 is 2.83 bits per heavy atom. The molecule has 2 rings (SSSR count). The third-order valence-electron chi connectivity index (χ3n) is 2.99. The smallest absolute Gasteiger partial charge is 0.103 e. The van der Waals surface area contributed by atoms with E-state index in [0.717, 1.165) is 29.3 Å². The summed E-state index contributed by atoms with van der Waals surface area (Å²) in [5.74, 6) is 1.04. The molecule has 1 N–H and O–H groups in total. The van der Waals surface area contributed by atoms with Crippen molar-refractivity contribution in [2.24, 2.45) is 0 Å². The lowest BCUT2D eigenvalue weighted by Crippen LogP contribution is -2.16. The molecule has 1 unspecified atom stereocenters. The van der Waals surface area contributed by atoms with Gasteiger partial charge < -0.3 is 9.73 Å². The van der Waals surface area contributed by atoms with Crippen LogP contribution in [-0.4, -0.2) is 6.04 Å². The van der Waals surface area contributed by atoms with Crippen molar-refractivity contribution in [3.63, 3.8) is 0 Å². The first-order valence-corrected chi connectivity index (χ1v) is 6.58. The maximum Gasteiger partial charge on any atom is 0.103 e. The van der Waals surface area contributed by atoms with Crippen molar-refractivity contribution in [3.05, 3.63) is 52.9 Å². The molecule has 0 spiro atoms. The Morgan fingerprint density at radius 1 is 1.33 bits per heavy atom. The molecular weight excluding hydrogens is 246 g/mol. The Kier molecular flexibility index (Phi) is 4.32. The Balaban J connectivity index is 1.88. The van der Waals surface area contributed by atoms with E-state index < -0.39 is 0 Å². The van der Waals surface area contributed by atoms with Crippen LogP contribution in [0.3, 0.4) is 0 Å². The number of nitrogens with one attached hydrogen (secondary N) is 1. The van der Waals surface area contributed by atoms with Crippen LogP contribution in [0.5, 0.6) is 0 Å². The van der Waals surface area contributed by atoms with E-state index in [1.807, 2.05) is 30.3 Å². The fourth-order valence-electron chi connectivity index (χ4n) is 1.94. The van der Waals surface area contributed by atoms with Crippen molar-refractivity contribution in [2.45, 2.75) is 32.7 Å². The van der Waals surface area contributed by atoms with Crippen LogP contribution in [0.2, 0.25) is 5.02 Å². The van der Waals surface area contributed by atoms with Crippen molar-refractivity contribution in [1.29, 1.82) is 0 Å². The molecule has 0 saturated carbocycles. The molecule has 0 saturated heterocycles. The number of hydrogen-bond acceptors (Lipinski definition) is 2. The van der Waals surface area contributed by atoms with Gasteiger partial charge in [-0.15, -0.1) is 0 Å². The largest absolute Gasteiger partial charge is 0.469 e. The van der Waals surface area contributed by atoms with Crippen LogP contribution in [0.1, 0.15) is 24.7 Å². The average Bonchev–Trinajstić information content (AvgIpc) is 2.83. The first kappa shape index (κ1) is 13.0. The van der Waals surface area contributed by atoms with Gasteiger partial charge in [-0.05, 0) is 56.2 Å². The molecule has 1 aromatic heterocycles. The second-order valence-electron chi connectivity index (χ2n) is 4.62. The Morgan fingerprint density at radius 2 is 2.17 bits per heavy atom. The Labute approximate surface area is 113 Å². The fourth-order valence-corrected chi connectivity index (χ4v) is 2.17. The van der Waals surface area contributed by atoms with Crippen LogP contribution in [0, 0.1) is 6.92 Å². The molecule has 2 nitrogen and oxygen atoms in total. The first-order valence-electron chi connectivity index (χ1n) is 6.20. The predicted octanol–water partition coefficient (Wildman–Crippen LogP) is 4.67. The summed E-state index contributed by atoms with van der Waals surface area (Å²) in [5, 5.41) is 4.28. The van der Waals surface area contributed by atoms with Crippen LogP contribution in [0.4, 0.5) is 5.69 Å². The van der Waals surface area contributed by atoms with E-state index in [4.69, 9.17) is 16.0 Å². The molecule has 3 heteroatoms. The van der Waals surface area contributed by atoms with Crippen LogP contribution < -0.4 is 5.32 Å². The molecule has 96 valence electrons. The summed E-state index contributed by atoms with van der Waals surface area (Å²) in [6.45, 7) is 4.24. The van der Waals surface area contributed by atoms with Crippen LogP contribution in [0.25, 0.3) is 0 Å². The van der Waals surface area contributed by atoms with Gasteiger partial charge in [-0.3, -0.25) is 0 Å². The summed E-state index contributed by atoms with van der Waals surface area (Å²) in [6.07, 6.45) is 3.71. The number of aryl methyl sites for hydroxylation is 2. The molecule has 0 aliphatic heterocycles. The second kappa shape index (κ2) is 5.96. The lowest BCUT2D eigenvalue weighted by atomic mass is 10.1. The number of hydrogen-bond donors (Lipinski definition) is 1. The lowest BCUT2D eigenvalue weighted by Gasteiger charge is -2.16. The molecule has 0 aliphatic carbocycles. The maximum atomic E-state index is 5.94. The number of rotatable bonds is 5. The minimum Gasteiger partial charge on any atom is -0.469 e. The zero-order valence-corrected chi connectivity index (χ0v) is 11.5. The van der Waals surface area contributed by atoms with E-state index in [2.05, 4.69) is 19.2 Å². The van der Waals surface area contributed by atoms with Crippen LogP contribution >= 0.6 is 11.6 Å². The van der Waals surface area contributed by atoms with Gasteiger partial charge in [0.15, 0.2) is 0 Å². The van der Waals surface area contributed by atoms with Gasteiger partial charge in [-0.25, -0.2) is 0 Å². The van der Waals surface area contributed by atoms with Crippen LogP contribution in [-0.2, 0) is 6.42 Å². The summed E-state index contributed by atoms with van der Waals surface area (Å²) in [6, 6.07) is 10.3. The van der Waals surface area contributed by atoms with Gasteiger partial charge in [0.25, 0.3) is 0 Å². The summed E-state index contributed by atoms with van der Waals surface area (Å²) in [4.78, 5) is 0. The monoisotopic (exact) mass is 263 g/mol. The highest BCUT2D eigenvalue weighted by atomic mass is 35.5. The molecule has 1 heterocycles. The summed E-state index contributed by atoms with van der Waals surface area (Å²) >= 11 is 5.94. The van der Waals surface area contributed by atoms with Gasteiger partial charge in [0.2, 0.25) is 0 Å². The molecular formula is C15H18ClNO. The Hall–Kier alpha value is -1.41. The van der Waals surface area contributed by atoms with Crippen molar-refractivity contribution >= 4 is 17.3 Å². The Bertz CT molecular complexity index is 493. The summed E-state index contributed by atoms with van der Waals surface area (Å²) in [7, 11) is 0. The van der Waals surface area contributed by atoms with E-state index in [0.29, 0.717) is 6.04 Å². The average molecular weight is 264 g/mol. The first-order chi connectivity index (χ1) is 8.65. The van der Waals surface area contributed by atoms with E-state index in [1.165, 1.54) is 5.56 Å². The van der Waals surface area contributed by atoms with Gasteiger partial charge in [0, 0.05) is 23.2 Å². The lowest BCUT2D eigenvalue weighted by molar-refractivity contribution is 0.495. The molecule has 1 atom stereocenters. The zero-order chi connectivity index (χ0) is 13.0. The molecule has 2 aromatic rings. The fraction of sp³-hybridized carbons (Fsp3) is 0.333. The van der Waals surface area contributed by atoms with Crippen molar-refractivity contribution in [2.75, 3.05) is 5.32 Å². The number of halogens is 1. The van der Waals surface area contributed by atoms with Gasteiger partial charge >= 0.3 is 0 Å². The highest BCUT2D eigenvalue weighted by molar-refractivity contribution is 6.30. The van der Waals surface area contributed by atoms with Gasteiger partial charge in [0.1, 0.15) is 5.76 Å².